The highest BCUT2D eigenvalue weighted by molar-refractivity contribution is 9.09. The van der Waals surface area contributed by atoms with Crippen molar-refractivity contribution in [2.24, 2.45) is 0 Å². The maximum atomic E-state index is 11.0. The largest absolute Gasteiger partial charge is 0.465 e. The van der Waals surface area contributed by atoms with Crippen molar-refractivity contribution in [1.29, 1.82) is 0 Å². The molecule has 0 spiro atoms. The van der Waals surface area contributed by atoms with Crippen LogP contribution in [0.4, 0.5) is 0 Å². The van der Waals surface area contributed by atoms with Gasteiger partial charge in [0.15, 0.2) is 0 Å². The van der Waals surface area contributed by atoms with Crippen molar-refractivity contribution in [1.82, 2.24) is 0 Å². The Bertz CT molecular complexity index is 321. The third kappa shape index (κ3) is 2.38. The lowest BCUT2D eigenvalue weighted by Crippen LogP contribution is -1.96. The van der Waals surface area contributed by atoms with Crippen LogP contribution in [0.3, 0.4) is 0 Å². The summed E-state index contributed by atoms with van der Waals surface area (Å²) in [6.07, 6.45) is 0.771. The highest BCUT2D eigenvalue weighted by atomic mass is 79.9. The molecule has 0 aliphatic rings. The quantitative estimate of drug-likeness (QED) is 0.477. The summed E-state index contributed by atoms with van der Waals surface area (Å²) >= 11 is 4.41. The highest BCUT2D eigenvalue weighted by Gasteiger charge is 2.13. The normalized spacial score (nSPS) is 12.2. The lowest BCUT2D eigenvalue weighted by Gasteiger charge is -1.95. The van der Waals surface area contributed by atoms with Crippen molar-refractivity contribution >= 4 is 39.5 Å². The Morgan fingerprint density at radius 3 is 2.92 bits per heavy atom. The fourth-order valence-electron chi connectivity index (χ4n) is 0.778. The van der Waals surface area contributed by atoms with Crippen LogP contribution in [0.15, 0.2) is 12.1 Å². The molecule has 1 rings (SSSR count). The molecule has 0 aromatic carbocycles. The van der Waals surface area contributed by atoms with Gasteiger partial charge in [-0.3, -0.25) is 0 Å². The first-order chi connectivity index (χ1) is 6.19. The van der Waals surface area contributed by atoms with Gasteiger partial charge in [0.05, 0.1) is 7.11 Å². The second-order valence-corrected chi connectivity index (χ2v) is 4.33. The van der Waals surface area contributed by atoms with E-state index in [1.807, 2.05) is 0 Å². The lowest BCUT2D eigenvalue weighted by molar-refractivity contribution is -0.107. The predicted octanol–water partition coefficient (Wildman–Crippen LogP) is 2.17. The van der Waals surface area contributed by atoms with E-state index >= 15 is 0 Å². The Kier molecular flexibility index (Phi) is 3.62. The molecular formula is C8H7BrO3S. The molecule has 0 saturated carbocycles. The molecule has 0 bridgehead atoms. The Labute approximate surface area is 87.8 Å². The fraction of sp³-hybridized carbons (Fsp3) is 0.250. The number of carbonyl (C=O) groups excluding carboxylic acids is 2. The van der Waals surface area contributed by atoms with E-state index in [0.717, 1.165) is 11.2 Å². The number of halogens is 1. The van der Waals surface area contributed by atoms with E-state index in [1.54, 1.807) is 12.1 Å². The first-order valence-electron chi connectivity index (χ1n) is 3.46. The van der Waals surface area contributed by atoms with Crippen LogP contribution in [0.1, 0.15) is 19.4 Å². The molecule has 0 radical (unpaired) electrons. The van der Waals surface area contributed by atoms with Gasteiger partial charge in [0.25, 0.3) is 0 Å². The van der Waals surface area contributed by atoms with E-state index in [2.05, 4.69) is 20.7 Å². The number of methoxy groups -OCH3 is 1. The van der Waals surface area contributed by atoms with Crippen LogP contribution < -0.4 is 0 Å². The summed E-state index contributed by atoms with van der Waals surface area (Å²) in [5.41, 5.74) is 0. The molecule has 0 aliphatic heterocycles. The van der Waals surface area contributed by atoms with E-state index in [9.17, 15) is 9.59 Å². The van der Waals surface area contributed by atoms with E-state index in [-0.39, 0.29) is 10.8 Å². The van der Waals surface area contributed by atoms with E-state index in [0.29, 0.717) is 4.88 Å². The molecule has 0 N–H and O–H groups in total. The number of thiophene rings is 1. The zero-order valence-corrected chi connectivity index (χ0v) is 9.22. The summed E-state index contributed by atoms with van der Waals surface area (Å²) in [5, 5.41) is 0. The molecule has 1 aromatic rings. The summed E-state index contributed by atoms with van der Waals surface area (Å²) in [7, 11) is 1.33. The average molecular weight is 263 g/mol. The fourth-order valence-corrected chi connectivity index (χ4v) is 2.07. The third-order valence-electron chi connectivity index (χ3n) is 1.40. The number of hydrogen-bond donors (Lipinski definition) is 0. The summed E-state index contributed by atoms with van der Waals surface area (Å²) in [5.74, 6) is -0.373. The monoisotopic (exact) mass is 262 g/mol. The maximum absolute atomic E-state index is 11.0. The third-order valence-corrected chi connectivity index (χ3v) is 3.57. The van der Waals surface area contributed by atoms with Crippen LogP contribution in [0.5, 0.6) is 0 Å². The Hall–Kier alpha value is -0.680. The van der Waals surface area contributed by atoms with Gasteiger partial charge in [-0.05, 0) is 12.1 Å². The van der Waals surface area contributed by atoms with Crippen LogP contribution in [-0.2, 0) is 9.53 Å². The van der Waals surface area contributed by atoms with Crippen LogP contribution in [-0.4, -0.2) is 19.4 Å². The van der Waals surface area contributed by atoms with Gasteiger partial charge in [-0.1, -0.05) is 15.9 Å². The summed E-state index contributed by atoms with van der Waals surface area (Å²) in [6.45, 7) is 0. The summed E-state index contributed by atoms with van der Waals surface area (Å²) < 4.78 is 4.53. The van der Waals surface area contributed by atoms with Gasteiger partial charge in [-0.15, -0.1) is 11.3 Å². The van der Waals surface area contributed by atoms with Gasteiger partial charge in [0.2, 0.25) is 0 Å². The summed E-state index contributed by atoms with van der Waals surface area (Å²) in [4.78, 5) is 22.4. The zero-order valence-electron chi connectivity index (χ0n) is 6.82. The molecule has 1 aromatic heterocycles. The highest BCUT2D eigenvalue weighted by Crippen LogP contribution is 2.28. The molecule has 1 unspecified atom stereocenters. The molecule has 0 fully saturated rings. The van der Waals surface area contributed by atoms with Crippen molar-refractivity contribution < 1.29 is 14.3 Å². The predicted molar refractivity (Wildman–Crippen MR) is 53.4 cm³/mol. The molecule has 1 atom stereocenters. The molecule has 13 heavy (non-hydrogen) atoms. The molecule has 5 heteroatoms. The first kappa shape index (κ1) is 10.4. The van der Waals surface area contributed by atoms with Crippen molar-refractivity contribution in [3.8, 4) is 0 Å². The Morgan fingerprint density at radius 1 is 1.69 bits per heavy atom. The average Bonchev–Trinajstić information content (AvgIpc) is 2.64. The van der Waals surface area contributed by atoms with Crippen LogP contribution in [0.25, 0.3) is 0 Å². The lowest BCUT2D eigenvalue weighted by atomic mass is 10.3. The van der Waals surface area contributed by atoms with E-state index in [4.69, 9.17) is 0 Å². The number of hydrogen-bond acceptors (Lipinski definition) is 4. The molecule has 0 saturated heterocycles. The number of esters is 1. The minimum Gasteiger partial charge on any atom is -0.465 e. The molecular weight excluding hydrogens is 256 g/mol. The van der Waals surface area contributed by atoms with E-state index in [1.165, 1.54) is 18.4 Å². The minimum absolute atomic E-state index is 0.337. The number of aldehydes is 1. The number of ether oxygens (including phenoxy) is 1. The first-order valence-corrected chi connectivity index (χ1v) is 5.19. The van der Waals surface area contributed by atoms with Gasteiger partial charge in [-0.2, -0.15) is 0 Å². The molecule has 0 amide bonds. The Balaban J connectivity index is 2.86. The number of alkyl halides is 1. The van der Waals surface area contributed by atoms with Gasteiger partial charge >= 0.3 is 5.97 Å². The number of carbonyl (C=O) groups is 2. The minimum atomic E-state index is -0.373. The zero-order chi connectivity index (χ0) is 9.84. The smallest absolute Gasteiger partial charge is 0.348 e. The van der Waals surface area contributed by atoms with Gasteiger partial charge in [-0.25, -0.2) is 4.79 Å². The van der Waals surface area contributed by atoms with Gasteiger partial charge in [0.1, 0.15) is 16.0 Å². The molecule has 3 nitrogen and oxygen atoms in total. The molecule has 1 heterocycles. The van der Waals surface area contributed by atoms with Crippen LogP contribution in [0, 0.1) is 0 Å². The van der Waals surface area contributed by atoms with E-state index < -0.39 is 0 Å². The second-order valence-electron chi connectivity index (χ2n) is 2.23. The molecule has 0 aliphatic carbocycles. The van der Waals surface area contributed by atoms with Crippen LogP contribution >= 0.6 is 27.3 Å². The van der Waals surface area contributed by atoms with Crippen molar-refractivity contribution in [2.45, 2.75) is 4.83 Å². The topological polar surface area (TPSA) is 43.4 Å². The van der Waals surface area contributed by atoms with Gasteiger partial charge in [0, 0.05) is 4.88 Å². The number of rotatable bonds is 3. The van der Waals surface area contributed by atoms with Gasteiger partial charge < -0.3 is 9.53 Å². The van der Waals surface area contributed by atoms with Crippen molar-refractivity contribution in [3.63, 3.8) is 0 Å². The maximum Gasteiger partial charge on any atom is 0.348 e. The van der Waals surface area contributed by atoms with Crippen molar-refractivity contribution in [3.05, 3.63) is 21.9 Å². The second kappa shape index (κ2) is 4.53. The summed E-state index contributed by atoms with van der Waals surface area (Å²) in [6, 6.07) is 3.37. The molecule has 70 valence electrons. The standard InChI is InChI=1S/C8H7BrO3S/c1-12-8(11)7-3-2-6(13-7)5(9)4-10/h2-5H,1H3. The van der Waals surface area contributed by atoms with Crippen LogP contribution in [0.2, 0.25) is 0 Å². The Morgan fingerprint density at radius 2 is 2.38 bits per heavy atom. The van der Waals surface area contributed by atoms with Crippen molar-refractivity contribution in [2.75, 3.05) is 7.11 Å². The SMILES string of the molecule is COC(=O)c1ccc(C(Br)C=O)s1.